The van der Waals surface area contributed by atoms with Gasteiger partial charge < -0.3 is 29.7 Å². The van der Waals surface area contributed by atoms with Crippen molar-refractivity contribution < 1.29 is 34.0 Å². The van der Waals surface area contributed by atoms with Crippen LogP contribution in [0.1, 0.15) is 6.92 Å². The maximum atomic E-state index is 9.10. The molecule has 0 bridgehead atoms. The van der Waals surface area contributed by atoms with Crippen molar-refractivity contribution in [2.75, 3.05) is 32.9 Å². The zero-order chi connectivity index (χ0) is 17.1. The molecule has 128 valence electrons. The molecule has 1 unspecified atom stereocenters. The highest BCUT2D eigenvalue weighted by molar-refractivity contribution is 6.27. The average molecular weight is 327 g/mol. The minimum absolute atomic E-state index is 0.138. The summed E-state index contributed by atoms with van der Waals surface area (Å²) >= 11 is 0. The van der Waals surface area contributed by atoms with Crippen molar-refractivity contribution in [3.05, 3.63) is 24.3 Å². The van der Waals surface area contributed by atoms with E-state index in [4.69, 9.17) is 34.0 Å². The highest BCUT2D eigenvalue weighted by Gasteiger charge is 2.13. The number of carboxylic acids is 2. The second kappa shape index (κ2) is 10.4. The van der Waals surface area contributed by atoms with Gasteiger partial charge in [-0.3, -0.25) is 0 Å². The Morgan fingerprint density at radius 3 is 2.43 bits per heavy atom. The van der Waals surface area contributed by atoms with Crippen LogP contribution in [0.5, 0.6) is 11.5 Å². The van der Waals surface area contributed by atoms with Crippen molar-refractivity contribution >= 4 is 11.9 Å². The lowest BCUT2D eigenvalue weighted by Gasteiger charge is -2.23. The van der Waals surface area contributed by atoms with Gasteiger partial charge in [0.1, 0.15) is 24.2 Å². The molecule has 0 radical (unpaired) electrons. The third-order valence-electron chi connectivity index (χ3n) is 2.74. The molecule has 1 heterocycles. The van der Waals surface area contributed by atoms with E-state index in [1.54, 1.807) is 0 Å². The summed E-state index contributed by atoms with van der Waals surface area (Å²) in [5.74, 6) is -1.98. The molecule has 0 saturated carbocycles. The van der Waals surface area contributed by atoms with Crippen LogP contribution in [0.25, 0.3) is 0 Å². The minimum Gasteiger partial charge on any atom is -0.494 e. The largest absolute Gasteiger partial charge is 0.494 e. The molecule has 0 aliphatic carbocycles. The first-order valence-electron chi connectivity index (χ1n) is 7.17. The Balaban J connectivity index is 0.000000379. The average Bonchev–Trinajstić information content (AvgIpc) is 2.55. The van der Waals surface area contributed by atoms with Gasteiger partial charge in [0, 0.05) is 19.2 Å². The third kappa shape index (κ3) is 8.03. The van der Waals surface area contributed by atoms with Gasteiger partial charge in [0.05, 0.1) is 13.2 Å². The number of benzene rings is 1. The fourth-order valence-electron chi connectivity index (χ4n) is 1.74. The number of carboxylic acid groups (broad SMARTS) is 2. The maximum absolute atomic E-state index is 9.10. The van der Waals surface area contributed by atoms with E-state index in [2.05, 4.69) is 5.32 Å². The van der Waals surface area contributed by atoms with Gasteiger partial charge in [0.25, 0.3) is 0 Å². The first-order valence-corrected chi connectivity index (χ1v) is 7.17. The molecule has 1 aliphatic rings. The topological polar surface area (TPSA) is 114 Å². The van der Waals surface area contributed by atoms with Gasteiger partial charge in [0.2, 0.25) is 0 Å². The predicted octanol–water partition coefficient (Wildman–Crippen LogP) is 0.608. The Morgan fingerprint density at radius 1 is 1.26 bits per heavy atom. The van der Waals surface area contributed by atoms with Gasteiger partial charge in [-0.1, -0.05) is 6.07 Å². The van der Waals surface area contributed by atoms with E-state index in [9.17, 15) is 0 Å². The number of morpholine rings is 1. The number of hydrogen-bond acceptors (Lipinski definition) is 6. The van der Waals surface area contributed by atoms with Gasteiger partial charge in [-0.05, 0) is 19.1 Å². The van der Waals surface area contributed by atoms with Crippen molar-refractivity contribution in [1.29, 1.82) is 0 Å². The summed E-state index contributed by atoms with van der Waals surface area (Å²) in [5.41, 5.74) is 0. The molecule has 8 heteroatoms. The molecule has 0 amide bonds. The molecule has 1 fully saturated rings. The zero-order valence-electron chi connectivity index (χ0n) is 12.9. The third-order valence-corrected chi connectivity index (χ3v) is 2.74. The molecule has 2 rings (SSSR count). The Labute approximate surface area is 134 Å². The molecule has 1 atom stereocenters. The van der Waals surface area contributed by atoms with Crippen molar-refractivity contribution in [3.8, 4) is 11.5 Å². The van der Waals surface area contributed by atoms with Crippen LogP contribution in [-0.2, 0) is 14.3 Å². The second-order valence-electron chi connectivity index (χ2n) is 4.53. The molecule has 1 saturated heterocycles. The van der Waals surface area contributed by atoms with Gasteiger partial charge in [-0.2, -0.15) is 0 Å². The van der Waals surface area contributed by atoms with Gasteiger partial charge >= 0.3 is 11.9 Å². The van der Waals surface area contributed by atoms with E-state index < -0.39 is 11.9 Å². The van der Waals surface area contributed by atoms with Crippen LogP contribution >= 0.6 is 0 Å². The van der Waals surface area contributed by atoms with Gasteiger partial charge in [-0.25, -0.2) is 9.59 Å². The lowest BCUT2D eigenvalue weighted by Crippen LogP contribution is -2.41. The number of hydrogen-bond donors (Lipinski definition) is 3. The standard InChI is InChI=1S/C13H19NO3.C2H2O4/c1-2-15-11-4-3-5-12(8-11)17-10-13-9-14-6-7-16-13;3-1(4)2(5)6/h3-5,8,13-14H,2,6-7,9-10H2,1H3;(H,3,4)(H,5,6). The summed E-state index contributed by atoms with van der Waals surface area (Å²) in [5, 5.41) is 18.1. The van der Waals surface area contributed by atoms with E-state index >= 15 is 0 Å². The van der Waals surface area contributed by atoms with E-state index in [1.807, 2.05) is 31.2 Å². The summed E-state index contributed by atoms with van der Waals surface area (Å²) in [6, 6.07) is 7.69. The summed E-state index contributed by atoms with van der Waals surface area (Å²) < 4.78 is 16.7. The van der Waals surface area contributed by atoms with E-state index in [0.29, 0.717) is 13.2 Å². The van der Waals surface area contributed by atoms with Gasteiger partial charge in [-0.15, -0.1) is 0 Å². The van der Waals surface area contributed by atoms with Crippen LogP contribution in [0.15, 0.2) is 24.3 Å². The van der Waals surface area contributed by atoms with E-state index in [1.165, 1.54) is 0 Å². The smallest absolute Gasteiger partial charge is 0.414 e. The second-order valence-corrected chi connectivity index (χ2v) is 4.53. The highest BCUT2D eigenvalue weighted by Crippen LogP contribution is 2.19. The predicted molar refractivity (Wildman–Crippen MR) is 81.0 cm³/mol. The van der Waals surface area contributed by atoms with E-state index in [-0.39, 0.29) is 6.10 Å². The van der Waals surface area contributed by atoms with Crippen LogP contribution in [-0.4, -0.2) is 61.2 Å². The first-order chi connectivity index (χ1) is 11.0. The molecule has 8 nitrogen and oxygen atoms in total. The highest BCUT2D eigenvalue weighted by atomic mass is 16.5. The summed E-state index contributed by atoms with van der Waals surface area (Å²) in [6.07, 6.45) is 0.138. The summed E-state index contributed by atoms with van der Waals surface area (Å²) in [4.78, 5) is 18.2. The fraction of sp³-hybridized carbons (Fsp3) is 0.467. The van der Waals surface area contributed by atoms with Gasteiger partial charge in [0.15, 0.2) is 0 Å². The number of rotatable bonds is 5. The van der Waals surface area contributed by atoms with Crippen LogP contribution in [0.2, 0.25) is 0 Å². The molecule has 3 N–H and O–H groups in total. The normalized spacial score (nSPS) is 16.7. The Kier molecular flexibility index (Phi) is 8.48. The van der Waals surface area contributed by atoms with E-state index in [0.717, 1.165) is 31.2 Å². The van der Waals surface area contributed by atoms with Crippen molar-refractivity contribution in [1.82, 2.24) is 5.32 Å². The lowest BCUT2D eigenvalue weighted by molar-refractivity contribution is -0.159. The Morgan fingerprint density at radius 2 is 1.91 bits per heavy atom. The molecule has 0 aromatic heterocycles. The summed E-state index contributed by atoms with van der Waals surface area (Å²) in [6.45, 7) is 5.74. The number of aliphatic carboxylic acids is 2. The maximum Gasteiger partial charge on any atom is 0.414 e. The molecule has 0 spiro atoms. The lowest BCUT2D eigenvalue weighted by atomic mass is 10.3. The molecule has 23 heavy (non-hydrogen) atoms. The zero-order valence-corrected chi connectivity index (χ0v) is 12.9. The van der Waals surface area contributed by atoms with Crippen molar-refractivity contribution in [2.45, 2.75) is 13.0 Å². The van der Waals surface area contributed by atoms with Crippen LogP contribution < -0.4 is 14.8 Å². The SMILES string of the molecule is CCOc1cccc(OCC2CNCCO2)c1.O=C(O)C(=O)O. The van der Waals surface area contributed by atoms with Crippen LogP contribution in [0.3, 0.4) is 0 Å². The van der Waals surface area contributed by atoms with Crippen LogP contribution in [0.4, 0.5) is 0 Å². The minimum atomic E-state index is -1.82. The molecule has 1 aromatic rings. The molecule has 1 aromatic carbocycles. The molecule has 1 aliphatic heterocycles. The quantitative estimate of drug-likeness (QED) is 0.674. The molecular formula is C15H21NO7. The first kappa shape index (κ1) is 18.7. The van der Waals surface area contributed by atoms with Crippen molar-refractivity contribution in [2.24, 2.45) is 0 Å². The number of nitrogens with one attached hydrogen (secondary N) is 1. The Bertz CT molecular complexity index is 488. The monoisotopic (exact) mass is 327 g/mol. The Hall–Kier alpha value is -2.32. The van der Waals surface area contributed by atoms with Crippen LogP contribution in [0, 0.1) is 0 Å². The van der Waals surface area contributed by atoms with Crippen molar-refractivity contribution in [3.63, 3.8) is 0 Å². The fourth-order valence-corrected chi connectivity index (χ4v) is 1.74. The number of ether oxygens (including phenoxy) is 3. The number of carbonyl (C=O) groups is 2. The summed E-state index contributed by atoms with van der Waals surface area (Å²) in [7, 11) is 0. The molecular weight excluding hydrogens is 306 g/mol.